The number of hydrogen-bond acceptors (Lipinski definition) is 5. The van der Waals surface area contributed by atoms with Crippen molar-refractivity contribution in [2.24, 2.45) is 0 Å². The number of ether oxygens (including phenoxy) is 2. The van der Waals surface area contributed by atoms with E-state index in [1.54, 1.807) is 31.2 Å². The average molecular weight is 407 g/mol. The average Bonchev–Trinajstić information content (AvgIpc) is 2.65. The second-order valence-corrected chi connectivity index (χ2v) is 8.42. The number of nitrogens with one attached hydrogen (secondary N) is 1. The summed E-state index contributed by atoms with van der Waals surface area (Å²) in [4.78, 5) is 12.4. The van der Waals surface area contributed by atoms with Crippen molar-refractivity contribution >= 4 is 21.6 Å². The number of rotatable bonds is 9. The second kappa shape index (κ2) is 9.45. The van der Waals surface area contributed by atoms with E-state index in [2.05, 4.69) is 5.32 Å². The third kappa shape index (κ3) is 6.16. The van der Waals surface area contributed by atoms with Gasteiger partial charge in [-0.2, -0.15) is 0 Å². The van der Waals surface area contributed by atoms with Crippen molar-refractivity contribution in [1.29, 1.82) is 0 Å². The summed E-state index contributed by atoms with van der Waals surface area (Å²) in [6.45, 7) is 3.70. The molecule has 28 heavy (non-hydrogen) atoms. The lowest BCUT2D eigenvalue weighted by molar-refractivity contribution is -0.120. The molecule has 8 heteroatoms. The molecular formula is C20H26N2O5S. The van der Waals surface area contributed by atoms with Crippen molar-refractivity contribution in [3.05, 3.63) is 54.1 Å². The maximum absolute atomic E-state index is 12.4. The van der Waals surface area contributed by atoms with Gasteiger partial charge in [0.05, 0.1) is 25.1 Å². The maximum atomic E-state index is 12.4. The second-order valence-electron chi connectivity index (χ2n) is 6.51. The van der Waals surface area contributed by atoms with E-state index < -0.39 is 15.9 Å². The third-order valence-corrected chi connectivity index (χ3v) is 5.18. The van der Waals surface area contributed by atoms with Gasteiger partial charge in [-0.05, 0) is 49.7 Å². The Hall–Kier alpha value is -2.74. The van der Waals surface area contributed by atoms with Gasteiger partial charge in [-0.25, -0.2) is 8.42 Å². The number of amides is 1. The molecule has 0 heterocycles. The first-order valence-electron chi connectivity index (χ1n) is 8.80. The predicted octanol–water partition coefficient (Wildman–Crippen LogP) is 2.35. The number of carbonyl (C=O) groups is 1. The van der Waals surface area contributed by atoms with Crippen molar-refractivity contribution in [3.8, 4) is 11.5 Å². The summed E-state index contributed by atoms with van der Waals surface area (Å²) in [7, 11) is -2.10. The smallest absolute Gasteiger partial charge is 0.241 e. The molecular weight excluding hydrogens is 380 g/mol. The van der Waals surface area contributed by atoms with Crippen LogP contribution in [0.5, 0.6) is 11.5 Å². The Bertz CT molecular complexity index is 897. The fourth-order valence-corrected chi connectivity index (χ4v) is 3.43. The molecule has 1 unspecified atom stereocenters. The summed E-state index contributed by atoms with van der Waals surface area (Å²) in [5, 5.41) is 2.77. The van der Waals surface area contributed by atoms with Crippen LogP contribution in [0.15, 0.2) is 48.5 Å². The maximum Gasteiger partial charge on any atom is 0.241 e. The van der Waals surface area contributed by atoms with Gasteiger partial charge < -0.3 is 14.8 Å². The number of para-hydroxylation sites is 1. The van der Waals surface area contributed by atoms with Crippen LogP contribution in [-0.4, -0.2) is 46.9 Å². The topological polar surface area (TPSA) is 84.9 Å². The van der Waals surface area contributed by atoms with Gasteiger partial charge in [0.25, 0.3) is 0 Å². The number of sulfonamides is 1. The molecule has 0 aromatic heterocycles. The molecule has 0 bridgehead atoms. The number of hydrogen-bond donors (Lipinski definition) is 1. The highest BCUT2D eigenvalue weighted by atomic mass is 32.2. The minimum absolute atomic E-state index is 0.276. The van der Waals surface area contributed by atoms with E-state index in [1.807, 2.05) is 31.2 Å². The fraction of sp³-hybridized carbons (Fsp3) is 0.350. The minimum atomic E-state index is -3.63. The Labute approximate surface area is 166 Å². The molecule has 0 aliphatic rings. The zero-order valence-electron chi connectivity index (χ0n) is 16.5. The van der Waals surface area contributed by atoms with Crippen LogP contribution in [0.3, 0.4) is 0 Å². The first-order valence-corrected chi connectivity index (χ1v) is 10.6. The zero-order valence-corrected chi connectivity index (χ0v) is 17.3. The van der Waals surface area contributed by atoms with Gasteiger partial charge in [0.2, 0.25) is 15.9 Å². The monoisotopic (exact) mass is 406 g/mol. The number of aryl methyl sites for hydroxylation is 1. The van der Waals surface area contributed by atoms with E-state index >= 15 is 0 Å². The van der Waals surface area contributed by atoms with Crippen LogP contribution in [0.4, 0.5) is 5.69 Å². The fourth-order valence-electron chi connectivity index (χ4n) is 2.57. The van der Waals surface area contributed by atoms with Gasteiger partial charge in [0.15, 0.2) is 0 Å². The van der Waals surface area contributed by atoms with Crippen molar-refractivity contribution < 1.29 is 22.7 Å². The summed E-state index contributed by atoms with van der Waals surface area (Å²) in [6, 6.07) is 13.8. The number of anilines is 1. The molecule has 0 saturated heterocycles. The van der Waals surface area contributed by atoms with E-state index in [0.717, 1.165) is 21.9 Å². The van der Waals surface area contributed by atoms with Crippen LogP contribution in [-0.2, 0) is 14.8 Å². The Morgan fingerprint density at radius 2 is 1.79 bits per heavy atom. The van der Waals surface area contributed by atoms with Crippen LogP contribution in [0, 0.1) is 6.92 Å². The van der Waals surface area contributed by atoms with E-state index in [-0.39, 0.29) is 19.2 Å². The molecule has 1 amide bonds. The molecule has 2 aromatic carbocycles. The zero-order chi connectivity index (χ0) is 20.7. The number of benzene rings is 2. The summed E-state index contributed by atoms with van der Waals surface area (Å²) in [5.74, 6) is 0.936. The van der Waals surface area contributed by atoms with E-state index in [4.69, 9.17) is 9.47 Å². The first-order chi connectivity index (χ1) is 13.2. The summed E-state index contributed by atoms with van der Waals surface area (Å²) in [5.41, 5.74) is 1.39. The van der Waals surface area contributed by atoms with Crippen molar-refractivity contribution in [3.63, 3.8) is 0 Å². The Morgan fingerprint density at radius 1 is 1.14 bits per heavy atom. The lowest BCUT2D eigenvalue weighted by atomic mass is 10.2. The summed E-state index contributed by atoms with van der Waals surface area (Å²) < 4.78 is 36.1. The molecule has 0 saturated carbocycles. The molecule has 0 radical (unpaired) electrons. The molecule has 0 aliphatic heterocycles. The Balaban J connectivity index is 1.98. The van der Waals surface area contributed by atoms with Crippen molar-refractivity contribution in [2.45, 2.75) is 19.9 Å². The highest BCUT2D eigenvalue weighted by molar-refractivity contribution is 7.92. The normalized spacial score (nSPS) is 12.1. The highest BCUT2D eigenvalue weighted by Crippen LogP contribution is 2.21. The van der Waals surface area contributed by atoms with Gasteiger partial charge in [0.1, 0.15) is 24.7 Å². The molecule has 152 valence electrons. The lowest BCUT2D eigenvalue weighted by Crippen LogP contribution is -2.44. The summed E-state index contributed by atoms with van der Waals surface area (Å²) in [6.07, 6.45) is 1.06. The van der Waals surface area contributed by atoms with Crippen LogP contribution < -0.4 is 19.1 Å². The molecule has 0 fully saturated rings. The van der Waals surface area contributed by atoms with Gasteiger partial charge in [0, 0.05) is 0 Å². The Kier molecular flexibility index (Phi) is 7.28. The molecule has 2 rings (SSSR count). The molecule has 1 atom stereocenters. The van der Waals surface area contributed by atoms with E-state index in [9.17, 15) is 13.2 Å². The van der Waals surface area contributed by atoms with Crippen molar-refractivity contribution in [2.75, 3.05) is 30.8 Å². The number of carbonyl (C=O) groups excluding carboxylic acids is 1. The van der Waals surface area contributed by atoms with Gasteiger partial charge in [-0.1, -0.05) is 18.2 Å². The minimum Gasteiger partial charge on any atom is -0.497 e. The van der Waals surface area contributed by atoms with Gasteiger partial charge >= 0.3 is 0 Å². The number of nitrogens with zero attached hydrogens (tertiary/aromatic N) is 1. The van der Waals surface area contributed by atoms with Crippen LogP contribution in [0.2, 0.25) is 0 Å². The lowest BCUT2D eigenvalue weighted by Gasteiger charge is -2.23. The summed E-state index contributed by atoms with van der Waals surface area (Å²) >= 11 is 0. The Morgan fingerprint density at radius 3 is 2.36 bits per heavy atom. The predicted molar refractivity (Wildman–Crippen MR) is 109 cm³/mol. The largest absolute Gasteiger partial charge is 0.497 e. The van der Waals surface area contributed by atoms with E-state index in [1.165, 1.54) is 7.11 Å². The SMILES string of the molecule is COc1ccc(N(CC(=O)NC(C)COc2ccccc2C)S(C)(=O)=O)cc1. The van der Waals surface area contributed by atoms with Crippen LogP contribution in [0.1, 0.15) is 12.5 Å². The molecule has 2 aromatic rings. The van der Waals surface area contributed by atoms with E-state index in [0.29, 0.717) is 11.4 Å². The molecule has 0 spiro atoms. The van der Waals surface area contributed by atoms with Crippen LogP contribution in [0.25, 0.3) is 0 Å². The molecule has 7 nitrogen and oxygen atoms in total. The van der Waals surface area contributed by atoms with Crippen LogP contribution >= 0.6 is 0 Å². The quantitative estimate of drug-likeness (QED) is 0.691. The third-order valence-electron chi connectivity index (χ3n) is 4.04. The van der Waals surface area contributed by atoms with Gasteiger partial charge in [-0.3, -0.25) is 9.10 Å². The standard InChI is InChI=1S/C20H26N2O5S/c1-15-7-5-6-8-19(15)27-14-16(2)21-20(23)13-22(28(4,24)25)17-9-11-18(26-3)12-10-17/h5-12,16H,13-14H2,1-4H3,(H,21,23). The first kappa shape index (κ1) is 21.6. The van der Waals surface area contributed by atoms with Gasteiger partial charge in [-0.15, -0.1) is 0 Å². The molecule has 1 N–H and O–H groups in total. The number of methoxy groups -OCH3 is 1. The van der Waals surface area contributed by atoms with Crippen molar-refractivity contribution in [1.82, 2.24) is 5.32 Å². The highest BCUT2D eigenvalue weighted by Gasteiger charge is 2.21. The molecule has 0 aliphatic carbocycles.